The third kappa shape index (κ3) is 2.93. The van der Waals surface area contributed by atoms with Gasteiger partial charge in [0.1, 0.15) is 6.33 Å². The zero-order valence-electron chi connectivity index (χ0n) is 16.2. The van der Waals surface area contributed by atoms with E-state index in [1.165, 1.54) is 23.1 Å². The molecule has 5 rings (SSSR count). The van der Waals surface area contributed by atoms with Crippen molar-refractivity contribution >= 4 is 11.5 Å². The van der Waals surface area contributed by atoms with Crippen LogP contribution < -0.4 is 10.5 Å². The summed E-state index contributed by atoms with van der Waals surface area (Å²) in [5.74, 6) is 0.809. The highest BCUT2D eigenvalue weighted by Gasteiger charge is 2.22. The fourth-order valence-electron chi connectivity index (χ4n) is 3.77. The number of nitrogens with zero attached hydrogens (tertiary/aromatic N) is 7. The molecule has 0 radical (unpaired) electrons. The third-order valence-corrected chi connectivity index (χ3v) is 5.48. The van der Waals surface area contributed by atoms with Crippen molar-refractivity contribution in [3.8, 4) is 11.1 Å². The highest BCUT2D eigenvalue weighted by atomic mass is 16.1. The second-order valence-electron chi connectivity index (χ2n) is 7.22. The van der Waals surface area contributed by atoms with Crippen molar-refractivity contribution in [1.82, 2.24) is 29.5 Å². The van der Waals surface area contributed by atoms with Crippen molar-refractivity contribution in [1.29, 1.82) is 0 Å². The van der Waals surface area contributed by atoms with Crippen molar-refractivity contribution in [3.05, 3.63) is 76.0 Å². The predicted molar refractivity (Wildman–Crippen MR) is 109 cm³/mol. The molecule has 0 aliphatic carbocycles. The first-order valence-electron chi connectivity index (χ1n) is 9.45. The van der Waals surface area contributed by atoms with Gasteiger partial charge in [0.05, 0.1) is 0 Å². The van der Waals surface area contributed by atoms with E-state index in [1.54, 1.807) is 12.4 Å². The summed E-state index contributed by atoms with van der Waals surface area (Å²) >= 11 is 0. The topological polar surface area (TPSA) is 89.2 Å². The van der Waals surface area contributed by atoms with E-state index >= 15 is 0 Å². The van der Waals surface area contributed by atoms with Gasteiger partial charge in [-0.2, -0.15) is 4.52 Å². The fraction of sp³-hybridized carbons (Fsp3) is 0.238. The molecule has 0 fully saturated rings. The normalized spacial score (nSPS) is 13.5. The quantitative estimate of drug-likeness (QED) is 0.522. The van der Waals surface area contributed by atoms with Crippen LogP contribution in [0.2, 0.25) is 0 Å². The summed E-state index contributed by atoms with van der Waals surface area (Å²) in [6.07, 6.45) is 9.32. The van der Waals surface area contributed by atoms with Gasteiger partial charge in [-0.3, -0.25) is 9.78 Å². The molecular weight excluding hydrogens is 366 g/mol. The van der Waals surface area contributed by atoms with E-state index in [9.17, 15) is 4.79 Å². The molecular formula is C21H19N7O. The summed E-state index contributed by atoms with van der Waals surface area (Å²) in [4.78, 5) is 31.7. The first kappa shape index (κ1) is 17.4. The molecule has 0 aromatic carbocycles. The van der Waals surface area contributed by atoms with E-state index in [-0.39, 0.29) is 5.56 Å². The van der Waals surface area contributed by atoms with E-state index < -0.39 is 0 Å². The Bertz CT molecular complexity index is 1280. The van der Waals surface area contributed by atoms with Gasteiger partial charge in [0.2, 0.25) is 0 Å². The maximum Gasteiger partial charge on any atom is 0.274 e. The highest BCUT2D eigenvalue weighted by Crippen LogP contribution is 2.29. The van der Waals surface area contributed by atoms with E-state index in [1.807, 2.05) is 20.0 Å². The van der Waals surface area contributed by atoms with Crippen molar-refractivity contribution < 1.29 is 0 Å². The second kappa shape index (κ2) is 6.73. The van der Waals surface area contributed by atoms with Crippen LogP contribution in [-0.2, 0) is 13.0 Å². The van der Waals surface area contributed by atoms with Crippen molar-refractivity contribution in [2.24, 2.45) is 0 Å². The fourth-order valence-corrected chi connectivity index (χ4v) is 3.77. The Morgan fingerprint density at radius 2 is 1.83 bits per heavy atom. The van der Waals surface area contributed by atoms with Crippen LogP contribution in [0, 0.1) is 13.8 Å². The monoisotopic (exact) mass is 385 g/mol. The molecule has 0 bridgehead atoms. The maximum absolute atomic E-state index is 12.3. The van der Waals surface area contributed by atoms with Crippen LogP contribution in [0.3, 0.4) is 0 Å². The Balaban J connectivity index is 1.56. The highest BCUT2D eigenvalue weighted by molar-refractivity contribution is 5.63. The largest absolute Gasteiger partial charge is 0.350 e. The van der Waals surface area contributed by atoms with E-state index in [4.69, 9.17) is 0 Å². The molecule has 0 saturated heterocycles. The van der Waals surface area contributed by atoms with Gasteiger partial charge in [-0.1, -0.05) is 0 Å². The molecule has 4 aromatic heterocycles. The summed E-state index contributed by atoms with van der Waals surface area (Å²) in [7, 11) is 0. The van der Waals surface area contributed by atoms with Crippen molar-refractivity contribution in [2.45, 2.75) is 26.8 Å². The predicted octanol–water partition coefficient (Wildman–Crippen LogP) is 2.12. The molecule has 0 amide bonds. The molecule has 8 nitrogen and oxygen atoms in total. The molecule has 1 aliphatic heterocycles. The smallest absolute Gasteiger partial charge is 0.274 e. The molecule has 0 atom stereocenters. The van der Waals surface area contributed by atoms with Gasteiger partial charge >= 0.3 is 0 Å². The van der Waals surface area contributed by atoms with Crippen LogP contribution in [0.4, 0.5) is 5.82 Å². The lowest BCUT2D eigenvalue weighted by Crippen LogP contribution is -2.33. The van der Waals surface area contributed by atoms with Crippen molar-refractivity contribution in [2.75, 3.05) is 11.4 Å². The molecule has 0 unspecified atom stereocenters. The zero-order valence-corrected chi connectivity index (χ0v) is 16.2. The molecule has 144 valence electrons. The van der Waals surface area contributed by atoms with E-state index in [0.717, 1.165) is 52.3 Å². The summed E-state index contributed by atoms with van der Waals surface area (Å²) in [5, 5.41) is 4.64. The number of rotatable bonds is 2. The molecule has 0 N–H and O–H groups in total. The van der Waals surface area contributed by atoms with E-state index in [0.29, 0.717) is 12.2 Å². The number of hydrogen-bond donors (Lipinski definition) is 0. The van der Waals surface area contributed by atoms with Gasteiger partial charge in [-0.15, -0.1) is 5.10 Å². The first-order chi connectivity index (χ1) is 14.1. The van der Waals surface area contributed by atoms with Gasteiger partial charge < -0.3 is 4.90 Å². The van der Waals surface area contributed by atoms with Crippen LogP contribution in [0.25, 0.3) is 16.8 Å². The number of pyridine rings is 1. The van der Waals surface area contributed by atoms with Gasteiger partial charge in [0.25, 0.3) is 5.56 Å². The minimum Gasteiger partial charge on any atom is -0.350 e. The van der Waals surface area contributed by atoms with Gasteiger partial charge in [0.15, 0.2) is 11.5 Å². The summed E-state index contributed by atoms with van der Waals surface area (Å²) < 4.78 is 1.39. The molecule has 29 heavy (non-hydrogen) atoms. The molecule has 0 saturated carbocycles. The molecule has 4 aromatic rings. The van der Waals surface area contributed by atoms with Crippen LogP contribution in [0.1, 0.15) is 22.4 Å². The van der Waals surface area contributed by atoms with Crippen LogP contribution >= 0.6 is 0 Å². The number of hydrogen-bond acceptors (Lipinski definition) is 7. The third-order valence-electron chi connectivity index (χ3n) is 5.48. The average Bonchev–Trinajstić information content (AvgIpc) is 2.76. The molecule has 1 aliphatic rings. The lowest BCUT2D eigenvalue weighted by Gasteiger charge is -2.31. The standard InChI is InChI=1S/C21H19N7O/c1-13-14(2)21(26-28-19(29)3-5-24-20(13)28)27-6-4-18-16(11-27)7-15(10-25-18)17-8-22-12-23-9-17/h3,5,7-10,12H,4,6,11H2,1-2H3. The maximum atomic E-state index is 12.3. The summed E-state index contributed by atoms with van der Waals surface area (Å²) in [6.45, 7) is 5.48. The lowest BCUT2D eigenvalue weighted by atomic mass is 10.0. The first-order valence-corrected chi connectivity index (χ1v) is 9.45. The number of aryl methyl sites for hydroxylation is 1. The van der Waals surface area contributed by atoms with E-state index in [2.05, 4.69) is 36.0 Å². The van der Waals surface area contributed by atoms with Crippen LogP contribution in [0.15, 0.2) is 48.0 Å². The van der Waals surface area contributed by atoms with Gasteiger partial charge in [-0.25, -0.2) is 15.0 Å². The minimum atomic E-state index is -0.176. The number of fused-ring (bicyclic) bond motifs is 2. The zero-order chi connectivity index (χ0) is 20.0. The number of anilines is 1. The Labute approximate surface area is 166 Å². The van der Waals surface area contributed by atoms with Crippen molar-refractivity contribution in [3.63, 3.8) is 0 Å². The average molecular weight is 385 g/mol. The van der Waals surface area contributed by atoms with Gasteiger partial charge in [0, 0.05) is 78.3 Å². The van der Waals surface area contributed by atoms with Crippen LogP contribution in [0.5, 0.6) is 0 Å². The Morgan fingerprint density at radius 1 is 1.00 bits per heavy atom. The Kier molecular flexibility index (Phi) is 4.04. The second-order valence-corrected chi connectivity index (χ2v) is 7.22. The SMILES string of the molecule is Cc1c(N2CCc3ncc(-c4cncnc4)cc3C2)nn2c(=O)ccnc2c1C. The summed E-state index contributed by atoms with van der Waals surface area (Å²) in [5.41, 5.74) is 6.60. The molecule has 0 spiro atoms. The summed E-state index contributed by atoms with van der Waals surface area (Å²) in [6, 6.07) is 3.58. The molecule has 5 heterocycles. The van der Waals surface area contributed by atoms with Gasteiger partial charge in [-0.05, 0) is 25.5 Å². The molecule has 8 heteroatoms. The number of aromatic nitrogens is 6. The Hall–Kier alpha value is -3.68. The lowest BCUT2D eigenvalue weighted by molar-refractivity contribution is 0.684. The minimum absolute atomic E-state index is 0.176. The Morgan fingerprint density at radius 3 is 2.66 bits per heavy atom. The van der Waals surface area contributed by atoms with Crippen LogP contribution in [-0.4, -0.2) is 36.1 Å².